The van der Waals surface area contributed by atoms with Gasteiger partial charge in [0.25, 0.3) is 9.84 Å². The number of benzene rings is 1. The van der Waals surface area contributed by atoms with Gasteiger partial charge < -0.3 is 0 Å². The number of hydrogen-bond acceptors (Lipinski definition) is 3. The first-order chi connectivity index (χ1) is 5.94. The maximum atomic E-state index is 11.2. The van der Waals surface area contributed by atoms with Gasteiger partial charge in [0, 0.05) is 0 Å². The van der Waals surface area contributed by atoms with Crippen molar-refractivity contribution in [2.45, 2.75) is 11.8 Å². The van der Waals surface area contributed by atoms with Gasteiger partial charge in [-0.2, -0.15) is 0 Å². The van der Waals surface area contributed by atoms with Crippen molar-refractivity contribution < 1.29 is 13.2 Å². The molecular weight excluding hydrogens is 212 g/mol. The van der Waals surface area contributed by atoms with Crippen LogP contribution in [0.4, 0.5) is 4.79 Å². The Kier molecular flexibility index (Phi) is 2.73. The zero-order valence-corrected chi connectivity index (χ0v) is 8.39. The highest BCUT2D eigenvalue weighted by molar-refractivity contribution is 8.09. The molecule has 3 nitrogen and oxygen atoms in total. The van der Waals surface area contributed by atoms with E-state index < -0.39 is 14.4 Å². The molecule has 0 fully saturated rings. The van der Waals surface area contributed by atoms with Crippen molar-refractivity contribution in [1.82, 2.24) is 0 Å². The summed E-state index contributed by atoms with van der Waals surface area (Å²) in [5.41, 5.74) is 0.918. The highest BCUT2D eigenvalue weighted by Gasteiger charge is 2.21. The van der Waals surface area contributed by atoms with Gasteiger partial charge in [-0.05, 0) is 30.7 Å². The minimum atomic E-state index is -3.97. The van der Waals surface area contributed by atoms with Crippen molar-refractivity contribution in [3.8, 4) is 0 Å². The highest BCUT2D eigenvalue weighted by atomic mass is 35.5. The molecule has 0 bridgehead atoms. The van der Waals surface area contributed by atoms with Crippen LogP contribution in [-0.4, -0.2) is 13.0 Å². The number of rotatable bonds is 1. The second-order valence-corrected chi connectivity index (χ2v) is 4.97. The van der Waals surface area contributed by atoms with Crippen LogP contribution in [0.1, 0.15) is 5.56 Å². The number of sulfone groups is 1. The summed E-state index contributed by atoms with van der Waals surface area (Å²) in [6.45, 7) is 1.82. The molecule has 0 saturated heterocycles. The van der Waals surface area contributed by atoms with E-state index in [0.717, 1.165) is 5.56 Å². The average molecular weight is 219 g/mol. The molecular formula is C8H7ClO3S. The van der Waals surface area contributed by atoms with Crippen molar-refractivity contribution >= 4 is 26.0 Å². The molecule has 0 unspecified atom stereocenters. The van der Waals surface area contributed by atoms with E-state index in [-0.39, 0.29) is 4.90 Å². The molecule has 0 heterocycles. The third kappa shape index (κ3) is 2.08. The van der Waals surface area contributed by atoms with Crippen LogP contribution in [-0.2, 0) is 9.84 Å². The molecule has 1 aromatic carbocycles. The molecule has 5 heteroatoms. The molecule has 0 amide bonds. The predicted molar refractivity (Wildman–Crippen MR) is 49.6 cm³/mol. The van der Waals surface area contributed by atoms with Gasteiger partial charge in [0.05, 0.1) is 4.90 Å². The quantitative estimate of drug-likeness (QED) is 0.679. The lowest BCUT2D eigenvalue weighted by Gasteiger charge is -1.98. The molecule has 0 N–H and O–H groups in total. The first kappa shape index (κ1) is 10.2. The molecule has 0 aromatic heterocycles. The molecule has 1 rings (SSSR count). The van der Waals surface area contributed by atoms with Crippen LogP contribution in [0.25, 0.3) is 0 Å². The summed E-state index contributed by atoms with van der Waals surface area (Å²) >= 11 is 4.92. The molecule has 13 heavy (non-hydrogen) atoms. The lowest BCUT2D eigenvalue weighted by atomic mass is 10.2. The fraction of sp³-hybridized carbons (Fsp3) is 0.125. The minimum absolute atomic E-state index is 0.0712. The second-order valence-electron chi connectivity index (χ2n) is 2.55. The van der Waals surface area contributed by atoms with E-state index in [1.54, 1.807) is 12.1 Å². The molecule has 0 aliphatic carbocycles. The Balaban J connectivity index is 3.25. The molecule has 0 radical (unpaired) electrons. The Morgan fingerprint density at radius 2 is 1.69 bits per heavy atom. The Bertz CT molecular complexity index is 419. The lowest BCUT2D eigenvalue weighted by Crippen LogP contribution is -2.06. The molecule has 0 spiro atoms. The van der Waals surface area contributed by atoms with Gasteiger partial charge in [-0.1, -0.05) is 17.7 Å². The van der Waals surface area contributed by atoms with Crippen molar-refractivity contribution in [2.24, 2.45) is 0 Å². The maximum absolute atomic E-state index is 11.2. The van der Waals surface area contributed by atoms with E-state index in [0.29, 0.717) is 0 Å². The minimum Gasteiger partial charge on any atom is -0.262 e. The van der Waals surface area contributed by atoms with Crippen molar-refractivity contribution in [3.05, 3.63) is 29.8 Å². The van der Waals surface area contributed by atoms with E-state index in [9.17, 15) is 13.2 Å². The van der Waals surface area contributed by atoms with E-state index in [1.165, 1.54) is 12.1 Å². The SMILES string of the molecule is Cc1ccc(S(=O)(=O)C(=O)Cl)cc1. The summed E-state index contributed by atoms with van der Waals surface area (Å²) in [4.78, 5) is 10.5. The van der Waals surface area contributed by atoms with Gasteiger partial charge in [-0.15, -0.1) is 0 Å². The number of halogens is 1. The fourth-order valence-corrected chi connectivity index (χ4v) is 1.76. The van der Waals surface area contributed by atoms with Crippen LogP contribution in [0.3, 0.4) is 0 Å². The number of aryl methyl sites for hydroxylation is 1. The van der Waals surface area contributed by atoms with Gasteiger partial charge in [-0.3, -0.25) is 4.79 Å². The zero-order chi connectivity index (χ0) is 10.1. The van der Waals surface area contributed by atoms with Crippen LogP contribution in [0.15, 0.2) is 29.2 Å². The highest BCUT2D eigenvalue weighted by Crippen LogP contribution is 2.14. The predicted octanol–water partition coefficient (Wildman–Crippen LogP) is 2.13. The smallest absolute Gasteiger partial charge is 0.262 e. The van der Waals surface area contributed by atoms with Gasteiger partial charge in [0.1, 0.15) is 0 Å². The van der Waals surface area contributed by atoms with E-state index in [1.807, 2.05) is 6.92 Å². The summed E-state index contributed by atoms with van der Waals surface area (Å²) in [6, 6.07) is 5.91. The summed E-state index contributed by atoms with van der Waals surface area (Å²) in [6.07, 6.45) is 0. The Labute approximate surface area is 81.3 Å². The van der Waals surface area contributed by atoms with Crippen LogP contribution < -0.4 is 0 Å². The Morgan fingerprint density at radius 1 is 1.23 bits per heavy atom. The van der Waals surface area contributed by atoms with Crippen LogP contribution in [0, 0.1) is 6.92 Å². The number of carbonyl (C=O) groups excluding carboxylic acids is 1. The van der Waals surface area contributed by atoms with E-state index in [4.69, 9.17) is 11.6 Å². The largest absolute Gasteiger partial charge is 0.341 e. The van der Waals surface area contributed by atoms with E-state index in [2.05, 4.69) is 0 Å². The number of hydrogen-bond donors (Lipinski definition) is 0. The monoisotopic (exact) mass is 218 g/mol. The third-order valence-corrected chi connectivity index (χ3v) is 3.47. The van der Waals surface area contributed by atoms with Gasteiger partial charge in [0.15, 0.2) is 0 Å². The summed E-state index contributed by atoms with van der Waals surface area (Å²) in [7, 11) is -3.97. The topological polar surface area (TPSA) is 51.2 Å². The first-order valence-electron chi connectivity index (χ1n) is 3.46. The van der Waals surface area contributed by atoms with Crippen LogP contribution in [0.2, 0.25) is 0 Å². The third-order valence-electron chi connectivity index (χ3n) is 1.54. The average Bonchev–Trinajstić information content (AvgIpc) is 2.04. The van der Waals surface area contributed by atoms with Crippen molar-refractivity contribution in [1.29, 1.82) is 0 Å². The summed E-state index contributed by atoms with van der Waals surface area (Å²) in [5.74, 6) is 0. The summed E-state index contributed by atoms with van der Waals surface area (Å²) < 4.78 is 21.0. The first-order valence-corrected chi connectivity index (χ1v) is 5.32. The molecule has 1 aromatic rings. The zero-order valence-electron chi connectivity index (χ0n) is 6.82. The van der Waals surface area contributed by atoms with Gasteiger partial charge in [-0.25, -0.2) is 8.42 Å². The van der Waals surface area contributed by atoms with Crippen molar-refractivity contribution in [3.63, 3.8) is 0 Å². The van der Waals surface area contributed by atoms with Gasteiger partial charge >= 0.3 is 4.57 Å². The second kappa shape index (κ2) is 3.47. The van der Waals surface area contributed by atoms with Crippen LogP contribution >= 0.6 is 11.6 Å². The molecule has 0 aliphatic heterocycles. The van der Waals surface area contributed by atoms with Gasteiger partial charge in [0.2, 0.25) is 0 Å². The van der Waals surface area contributed by atoms with E-state index >= 15 is 0 Å². The van der Waals surface area contributed by atoms with Crippen LogP contribution in [0.5, 0.6) is 0 Å². The normalized spacial score (nSPS) is 11.2. The number of carbonyl (C=O) groups is 1. The Morgan fingerprint density at radius 3 is 2.08 bits per heavy atom. The summed E-state index contributed by atoms with van der Waals surface area (Å²) in [5, 5.41) is 0. The fourth-order valence-electron chi connectivity index (χ4n) is 0.810. The molecule has 0 aliphatic rings. The molecule has 0 atom stereocenters. The maximum Gasteiger partial charge on any atom is 0.341 e. The molecule has 0 saturated carbocycles. The Hall–Kier alpha value is -0.870. The standard InChI is InChI=1S/C8H7ClO3S/c1-6-2-4-7(5-3-6)13(11,12)8(9)10/h2-5H,1H3. The van der Waals surface area contributed by atoms with Crippen molar-refractivity contribution in [2.75, 3.05) is 0 Å². The lowest BCUT2D eigenvalue weighted by molar-refractivity contribution is 0.274. The molecule has 70 valence electrons.